The lowest BCUT2D eigenvalue weighted by molar-refractivity contribution is -0.104. The van der Waals surface area contributed by atoms with Gasteiger partial charge in [0.1, 0.15) is 17.6 Å². The third kappa shape index (κ3) is 2.20. The number of aldehydes is 1. The Labute approximate surface area is 80.1 Å². The minimum Gasteiger partial charge on any atom is -0.507 e. The van der Waals surface area contributed by atoms with Crippen molar-refractivity contribution < 1.29 is 19.8 Å². The standard InChI is InChI=1S/C10H8O4/c11-5-1-2-7-3-4-8(10(13)14)9(12)6-7/h1-6,12H,(H,13,14). The van der Waals surface area contributed by atoms with Crippen LogP contribution in [0.5, 0.6) is 5.75 Å². The van der Waals surface area contributed by atoms with E-state index in [0.29, 0.717) is 11.8 Å². The third-order valence-electron chi connectivity index (χ3n) is 1.62. The Morgan fingerprint density at radius 2 is 2.07 bits per heavy atom. The predicted molar refractivity (Wildman–Crippen MR) is 50.2 cm³/mol. The van der Waals surface area contributed by atoms with Gasteiger partial charge in [-0.15, -0.1) is 0 Å². The molecule has 0 aromatic heterocycles. The molecule has 0 atom stereocenters. The van der Waals surface area contributed by atoms with Crippen LogP contribution in [0.2, 0.25) is 0 Å². The zero-order chi connectivity index (χ0) is 10.6. The van der Waals surface area contributed by atoms with Gasteiger partial charge in [0, 0.05) is 0 Å². The van der Waals surface area contributed by atoms with Gasteiger partial charge in [-0.2, -0.15) is 0 Å². The van der Waals surface area contributed by atoms with E-state index in [-0.39, 0.29) is 11.3 Å². The van der Waals surface area contributed by atoms with Gasteiger partial charge in [-0.25, -0.2) is 4.79 Å². The summed E-state index contributed by atoms with van der Waals surface area (Å²) in [6.45, 7) is 0. The fourth-order valence-corrected chi connectivity index (χ4v) is 0.984. The molecule has 0 radical (unpaired) electrons. The lowest BCUT2D eigenvalue weighted by Gasteiger charge is -1.99. The van der Waals surface area contributed by atoms with E-state index in [2.05, 4.69) is 0 Å². The number of carbonyl (C=O) groups excluding carboxylic acids is 1. The molecule has 0 saturated heterocycles. The van der Waals surface area contributed by atoms with Crippen molar-refractivity contribution in [1.29, 1.82) is 0 Å². The summed E-state index contributed by atoms with van der Waals surface area (Å²) in [6.07, 6.45) is 3.33. The molecule has 1 aromatic rings. The van der Waals surface area contributed by atoms with Gasteiger partial charge < -0.3 is 10.2 Å². The molecule has 0 unspecified atom stereocenters. The van der Waals surface area contributed by atoms with E-state index >= 15 is 0 Å². The summed E-state index contributed by atoms with van der Waals surface area (Å²) in [5, 5.41) is 17.9. The summed E-state index contributed by atoms with van der Waals surface area (Å²) in [7, 11) is 0. The van der Waals surface area contributed by atoms with Crippen LogP contribution in [0, 0.1) is 0 Å². The van der Waals surface area contributed by atoms with Crippen molar-refractivity contribution in [3.63, 3.8) is 0 Å². The highest BCUT2D eigenvalue weighted by molar-refractivity contribution is 5.91. The molecule has 0 spiro atoms. The molecule has 2 N–H and O–H groups in total. The Morgan fingerprint density at radius 1 is 1.36 bits per heavy atom. The first-order chi connectivity index (χ1) is 6.65. The van der Waals surface area contributed by atoms with Gasteiger partial charge in [0.15, 0.2) is 0 Å². The molecule has 0 saturated carbocycles. The van der Waals surface area contributed by atoms with Crippen LogP contribution in [0.15, 0.2) is 24.3 Å². The molecule has 0 aliphatic heterocycles. The van der Waals surface area contributed by atoms with E-state index in [4.69, 9.17) is 5.11 Å². The van der Waals surface area contributed by atoms with Crippen molar-refractivity contribution in [3.8, 4) is 5.75 Å². The lowest BCUT2D eigenvalue weighted by atomic mass is 10.1. The second-order valence-electron chi connectivity index (χ2n) is 2.58. The molecule has 72 valence electrons. The topological polar surface area (TPSA) is 74.6 Å². The van der Waals surface area contributed by atoms with E-state index in [1.54, 1.807) is 0 Å². The average molecular weight is 192 g/mol. The molecule has 0 aliphatic carbocycles. The minimum atomic E-state index is -1.19. The smallest absolute Gasteiger partial charge is 0.339 e. The van der Waals surface area contributed by atoms with E-state index in [1.165, 1.54) is 30.4 Å². The van der Waals surface area contributed by atoms with Crippen molar-refractivity contribution in [3.05, 3.63) is 35.4 Å². The largest absolute Gasteiger partial charge is 0.507 e. The zero-order valence-electron chi connectivity index (χ0n) is 7.18. The second kappa shape index (κ2) is 4.23. The van der Waals surface area contributed by atoms with Gasteiger partial charge in [0.05, 0.1) is 0 Å². The number of hydrogen-bond acceptors (Lipinski definition) is 3. The Kier molecular flexibility index (Phi) is 3.01. The van der Waals surface area contributed by atoms with Gasteiger partial charge in [-0.05, 0) is 23.8 Å². The van der Waals surface area contributed by atoms with Crippen molar-refractivity contribution >= 4 is 18.3 Å². The maximum atomic E-state index is 10.5. The first-order valence-electron chi connectivity index (χ1n) is 3.83. The Bertz CT molecular complexity index is 393. The normalized spacial score (nSPS) is 10.3. The number of carboxylic acids is 1. The summed E-state index contributed by atoms with van der Waals surface area (Å²) in [6, 6.07) is 4.06. The van der Waals surface area contributed by atoms with E-state index in [1.807, 2.05) is 0 Å². The molecule has 0 heterocycles. The average Bonchev–Trinajstić information content (AvgIpc) is 2.14. The molecule has 0 aliphatic rings. The molecular formula is C10H8O4. The van der Waals surface area contributed by atoms with Crippen molar-refractivity contribution in [1.82, 2.24) is 0 Å². The molecular weight excluding hydrogens is 184 g/mol. The number of benzene rings is 1. The van der Waals surface area contributed by atoms with E-state index in [0.717, 1.165) is 0 Å². The van der Waals surface area contributed by atoms with Crippen LogP contribution in [-0.2, 0) is 4.79 Å². The van der Waals surface area contributed by atoms with E-state index in [9.17, 15) is 14.7 Å². The number of phenols is 1. The number of hydrogen-bond donors (Lipinski definition) is 2. The van der Waals surface area contributed by atoms with Crippen molar-refractivity contribution in [2.75, 3.05) is 0 Å². The Morgan fingerprint density at radius 3 is 2.57 bits per heavy atom. The van der Waals surface area contributed by atoms with Gasteiger partial charge in [0.2, 0.25) is 0 Å². The molecule has 1 rings (SSSR count). The van der Waals surface area contributed by atoms with Gasteiger partial charge in [0.25, 0.3) is 0 Å². The molecule has 0 fully saturated rings. The molecule has 14 heavy (non-hydrogen) atoms. The number of aromatic carboxylic acids is 1. The lowest BCUT2D eigenvalue weighted by Crippen LogP contribution is -1.96. The molecule has 0 amide bonds. The van der Waals surface area contributed by atoms with Crippen LogP contribution in [-0.4, -0.2) is 22.5 Å². The van der Waals surface area contributed by atoms with E-state index < -0.39 is 5.97 Å². The van der Waals surface area contributed by atoms with Gasteiger partial charge in [-0.1, -0.05) is 12.1 Å². The van der Waals surface area contributed by atoms with Crippen molar-refractivity contribution in [2.24, 2.45) is 0 Å². The van der Waals surface area contributed by atoms with Crippen LogP contribution in [0.1, 0.15) is 15.9 Å². The summed E-state index contributed by atoms with van der Waals surface area (Å²) >= 11 is 0. The number of allylic oxidation sites excluding steroid dienone is 1. The first-order valence-corrected chi connectivity index (χ1v) is 3.83. The zero-order valence-corrected chi connectivity index (χ0v) is 7.18. The minimum absolute atomic E-state index is 0.159. The fraction of sp³-hybridized carbons (Fsp3) is 0. The molecule has 4 heteroatoms. The maximum absolute atomic E-state index is 10.5. The summed E-state index contributed by atoms with van der Waals surface area (Å²) in [5.74, 6) is -1.50. The summed E-state index contributed by atoms with van der Waals surface area (Å²) < 4.78 is 0. The predicted octanol–water partition coefficient (Wildman–Crippen LogP) is 1.30. The summed E-state index contributed by atoms with van der Waals surface area (Å²) in [5.41, 5.74) is 0.410. The molecule has 4 nitrogen and oxygen atoms in total. The number of aromatic hydroxyl groups is 1. The third-order valence-corrected chi connectivity index (χ3v) is 1.62. The maximum Gasteiger partial charge on any atom is 0.339 e. The van der Waals surface area contributed by atoms with Crippen LogP contribution in [0.4, 0.5) is 0 Å². The highest BCUT2D eigenvalue weighted by Crippen LogP contribution is 2.19. The van der Waals surface area contributed by atoms with Crippen LogP contribution in [0.25, 0.3) is 6.08 Å². The highest BCUT2D eigenvalue weighted by Gasteiger charge is 2.08. The SMILES string of the molecule is O=CC=Cc1ccc(C(=O)O)c(O)c1. The summed E-state index contributed by atoms with van der Waals surface area (Å²) in [4.78, 5) is 20.5. The highest BCUT2D eigenvalue weighted by atomic mass is 16.4. The molecule has 1 aromatic carbocycles. The van der Waals surface area contributed by atoms with Crippen molar-refractivity contribution in [2.45, 2.75) is 0 Å². The second-order valence-corrected chi connectivity index (χ2v) is 2.58. The van der Waals surface area contributed by atoms with Gasteiger partial charge >= 0.3 is 5.97 Å². The number of carboxylic acid groups (broad SMARTS) is 1. The Balaban J connectivity index is 3.06. The fourth-order valence-electron chi connectivity index (χ4n) is 0.984. The van der Waals surface area contributed by atoms with Gasteiger partial charge in [-0.3, -0.25) is 4.79 Å². The van der Waals surface area contributed by atoms with Crippen LogP contribution < -0.4 is 0 Å². The quantitative estimate of drug-likeness (QED) is 0.559. The first kappa shape index (κ1) is 9.98. The molecule has 0 bridgehead atoms. The number of carbonyl (C=O) groups is 2. The van der Waals surface area contributed by atoms with Crippen LogP contribution >= 0.6 is 0 Å². The number of rotatable bonds is 3. The van der Waals surface area contributed by atoms with Crippen LogP contribution in [0.3, 0.4) is 0 Å². The monoisotopic (exact) mass is 192 g/mol. The Hall–Kier alpha value is -2.10.